The second kappa shape index (κ2) is 4.01. The van der Waals surface area contributed by atoms with Crippen LogP contribution >= 0.6 is 0 Å². The van der Waals surface area contributed by atoms with Crippen LogP contribution in [0.5, 0.6) is 0 Å². The number of ether oxygens (including phenoxy) is 1. The summed E-state index contributed by atoms with van der Waals surface area (Å²) in [5.41, 5.74) is 5.67. The lowest BCUT2D eigenvalue weighted by molar-refractivity contribution is -0.0105. The molecule has 0 amide bonds. The fourth-order valence-corrected chi connectivity index (χ4v) is 1.28. The topological polar surface area (TPSA) is 58.7 Å². The van der Waals surface area contributed by atoms with Gasteiger partial charge in [-0.2, -0.15) is 0 Å². The number of hydrogen-bond donors (Lipinski definition) is 2. The van der Waals surface area contributed by atoms with Gasteiger partial charge in [0.2, 0.25) is 0 Å². The van der Waals surface area contributed by atoms with E-state index in [0.717, 1.165) is 13.2 Å². The lowest BCUT2D eigenvalue weighted by atomic mass is 10.1. The smallest absolute Gasteiger partial charge is 0.0638 e. The first-order valence-electron chi connectivity index (χ1n) is 3.90. The van der Waals surface area contributed by atoms with Gasteiger partial charge in [-0.15, -0.1) is 0 Å². The van der Waals surface area contributed by atoms with Crippen LogP contribution in [0.25, 0.3) is 0 Å². The highest BCUT2D eigenvalue weighted by atomic mass is 16.5. The van der Waals surface area contributed by atoms with Crippen LogP contribution < -0.4 is 5.73 Å². The molecule has 0 aromatic heterocycles. The highest BCUT2D eigenvalue weighted by molar-refractivity contribution is 4.81. The summed E-state index contributed by atoms with van der Waals surface area (Å²) in [4.78, 5) is 2.13. The van der Waals surface area contributed by atoms with Crippen molar-refractivity contribution in [2.24, 2.45) is 5.73 Å². The summed E-state index contributed by atoms with van der Waals surface area (Å²) in [5.74, 6) is 0. The molecule has 0 spiro atoms. The molecule has 2 atom stereocenters. The zero-order valence-corrected chi connectivity index (χ0v) is 6.86. The molecule has 1 aliphatic rings. The highest BCUT2D eigenvalue weighted by Crippen LogP contribution is 2.06. The summed E-state index contributed by atoms with van der Waals surface area (Å²) in [6.07, 6.45) is 0. The predicted molar refractivity (Wildman–Crippen MR) is 42.3 cm³/mol. The second-order valence-electron chi connectivity index (χ2n) is 2.97. The summed E-state index contributed by atoms with van der Waals surface area (Å²) in [7, 11) is 2.00. The average Bonchev–Trinajstić information content (AvgIpc) is 2.04. The minimum absolute atomic E-state index is 0.0262. The molecule has 1 saturated heterocycles. The Balaban J connectivity index is 2.40. The maximum atomic E-state index is 8.80. The molecule has 11 heavy (non-hydrogen) atoms. The molecule has 0 bridgehead atoms. The zero-order valence-electron chi connectivity index (χ0n) is 6.86. The van der Waals surface area contributed by atoms with Gasteiger partial charge in [0.25, 0.3) is 0 Å². The predicted octanol–water partition coefficient (Wildman–Crippen LogP) is -1.36. The fraction of sp³-hybridized carbons (Fsp3) is 1.00. The zero-order chi connectivity index (χ0) is 8.27. The van der Waals surface area contributed by atoms with Crippen LogP contribution in [0, 0.1) is 0 Å². The van der Waals surface area contributed by atoms with Crippen molar-refractivity contribution in [3.63, 3.8) is 0 Å². The van der Waals surface area contributed by atoms with E-state index in [1.165, 1.54) is 0 Å². The molecule has 66 valence electrons. The first-order chi connectivity index (χ1) is 5.25. The number of hydrogen-bond acceptors (Lipinski definition) is 4. The van der Waals surface area contributed by atoms with Gasteiger partial charge in [0.15, 0.2) is 0 Å². The molecule has 0 aromatic carbocycles. The minimum atomic E-state index is -0.180. The van der Waals surface area contributed by atoms with Crippen LogP contribution in [-0.4, -0.2) is 55.5 Å². The molecule has 4 nitrogen and oxygen atoms in total. The number of nitrogens with zero attached hydrogens (tertiary/aromatic N) is 1. The van der Waals surface area contributed by atoms with E-state index >= 15 is 0 Å². The Morgan fingerprint density at radius 1 is 1.82 bits per heavy atom. The highest BCUT2D eigenvalue weighted by Gasteiger charge is 2.24. The molecule has 0 radical (unpaired) electrons. The molecule has 3 N–H and O–H groups in total. The molecule has 0 aromatic rings. The van der Waals surface area contributed by atoms with E-state index in [1.54, 1.807) is 0 Å². The molecule has 1 heterocycles. The Labute approximate surface area is 66.9 Å². The van der Waals surface area contributed by atoms with Crippen molar-refractivity contribution in [1.29, 1.82) is 0 Å². The van der Waals surface area contributed by atoms with Crippen molar-refractivity contribution in [2.45, 2.75) is 12.1 Å². The molecule has 4 heteroatoms. The molecule has 1 rings (SSSR count). The van der Waals surface area contributed by atoms with Gasteiger partial charge in [-0.3, -0.25) is 4.90 Å². The summed E-state index contributed by atoms with van der Waals surface area (Å²) in [5, 5.41) is 8.80. The van der Waals surface area contributed by atoms with Crippen molar-refractivity contribution in [3.05, 3.63) is 0 Å². The van der Waals surface area contributed by atoms with Gasteiger partial charge in [-0.1, -0.05) is 0 Å². The number of likely N-dealkylation sites (N-methyl/N-ethyl adjacent to an activating group) is 1. The summed E-state index contributed by atoms with van der Waals surface area (Å²) in [6, 6.07) is -0.00551. The quantitative estimate of drug-likeness (QED) is 0.523. The number of rotatable bonds is 2. The SMILES string of the molecule is CN1CCOCC1C(N)CO. The normalized spacial score (nSPS) is 30.3. The Hall–Kier alpha value is -0.160. The van der Waals surface area contributed by atoms with E-state index in [0.29, 0.717) is 6.61 Å². The van der Waals surface area contributed by atoms with Crippen molar-refractivity contribution < 1.29 is 9.84 Å². The third kappa shape index (κ3) is 2.13. The van der Waals surface area contributed by atoms with Crippen LogP contribution in [0.1, 0.15) is 0 Å². The molecular formula is C7H16N2O2. The average molecular weight is 160 g/mol. The summed E-state index contributed by atoms with van der Waals surface area (Å²) < 4.78 is 5.24. The molecule has 2 unspecified atom stereocenters. The van der Waals surface area contributed by atoms with Crippen LogP contribution in [0.3, 0.4) is 0 Å². The summed E-state index contributed by atoms with van der Waals surface area (Å²) in [6.45, 7) is 2.33. The van der Waals surface area contributed by atoms with Crippen LogP contribution in [-0.2, 0) is 4.74 Å². The van der Waals surface area contributed by atoms with E-state index in [-0.39, 0.29) is 18.7 Å². The Kier molecular flexibility index (Phi) is 3.26. The fourth-order valence-electron chi connectivity index (χ4n) is 1.28. The van der Waals surface area contributed by atoms with Gasteiger partial charge in [-0.05, 0) is 7.05 Å². The van der Waals surface area contributed by atoms with Crippen molar-refractivity contribution >= 4 is 0 Å². The molecule has 0 saturated carbocycles. The van der Waals surface area contributed by atoms with E-state index in [9.17, 15) is 0 Å². The molecule has 0 aliphatic carbocycles. The lowest BCUT2D eigenvalue weighted by Crippen LogP contribution is -2.54. The molecule has 1 aliphatic heterocycles. The maximum Gasteiger partial charge on any atom is 0.0638 e. The third-order valence-electron chi connectivity index (χ3n) is 2.15. The minimum Gasteiger partial charge on any atom is -0.395 e. The van der Waals surface area contributed by atoms with Crippen LogP contribution in [0.4, 0.5) is 0 Å². The van der Waals surface area contributed by atoms with Gasteiger partial charge in [-0.25, -0.2) is 0 Å². The number of nitrogens with two attached hydrogens (primary N) is 1. The maximum absolute atomic E-state index is 8.80. The Bertz CT molecular complexity index is 117. The van der Waals surface area contributed by atoms with Crippen molar-refractivity contribution in [1.82, 2.24) is 4.90 Å². The number of morpholine rings is 1. The Morgan fingerprint density at radius 2 is 2.55 bits per heavy atom. The van der Waals surface area contributed by atoms with E-state index in [1.807, 2.05) is 7.05 Å². The van der Waals surface area contributed by atoms with Crippen molar-refractivity contribution in [3.8, 4) is 0 Å². The van der Waals surface area contributed by atoms with Crippen LogP contribution in [0.15, 0.2) is 0 Å². The van der Waals surface area contributed by atoms with Gasteiger partial charge in [0, 0.05) is 12.6 Å². The molecular weight excluding hydrogens is 144 g/mol. The van der Waals surface area contributed by atoms with Crippen LogP contribution in [0.2, 0.25) is 0 Å². The second-order valence-corrected chi connectivity index (χ2v) is 2.97. The molecule has 1 fully saturated rings. The summed E-state index contributed by atoms with van der Waals surface area (Å²) >= 11 is 0. The van der Waals surface area contributed by atoms with E-state index < -0.39 is 0 Å². The van der Waals surface area contributed by atoms with Gasteiger partial charge in [0.1, 0.15) is 0 Å². The van der Waals surface area contributed by atoms with E-state index in [2.05, 4.69) is 4.90 Å². The monoisotopic (exact) mass is 160 g/mol. The Morgan fingerprint density at radius 3 is 3.09 bits per heavy atom. The number of aliphatic hydroxyl groups is 1. The van der Waals surface area contributed by atoms with Crippen molar-refractivity contribution in [2.75, 3.05) is 33.4 Å². The standard InChI is InChI=1S/C7H16N2O2/c1-9-2-3-11-5-7(9)6(8)4-10/h6-7,10H,2-5,8H2,1H3. The van der Waals surface area contributed by atoms with Gasteiger partial charge >= 0.3 is 0 Å². The largest absolute Gasteiger partial charge is 0.395 e. The lowest BCUT2D eigenvalue weighted by Gasteiger charge is -2.35. The van der Waals surface area contributed by atoms with Gasteiger partial charge in [0.05, 0.1) is 25.9 Å². The number of aliphatic hydroxyl groups excluding tert-OH is 1. The first-order valence-corrected chi connectivity index (χ1v) is 3.90. The van der Waals surface area contributed by atoms with Gasteiger partial charge < -0.3 is 15.6 Å². The first kappa shape index (κ1) is 8.93. The van der Waals surface area contributed by atoms with E-state index in [4.69, 9.17) is 15.6 Å². The third-order valence-corrected chi connectivity index (χ3v) is 2.15.